The molecule has 0 bridgehead atoms. The highest BCUT2D eigenvalue weighted by molar-refractivity contribution is 7.10. The van der Waals surface area contributed by atoms with Gasteiger partial charge in [0.05, 0.1) is 11.8 Å². The summed E-state index contributed by atoms with van der Waals surface area (Å²) in [5, 5.41) is 11.9. The quantitative estimate of drug-likeness (QED) is 0.795. The van der Waals surface area contributed by atoms with Crippen molar-refractivity contribution in [3.63, 3.8) is 0 Å². The maximum atomic E-state index is 9.03. The van der Waals surface area contributed by atoms with Crippen molar-refractivity contribution in [2.75, 3.05) is 0 Å². The number of aromatic nitrogens is 2. The van der Waals surface area contributed by atoms with E-state index in [2.05, 4.69) is 16.0 Å². The van der Waals surface area contributed by atoms with E-state index in [0.717, 1.165) is 16.3 Å². The van der Waals surface area contributed by atoms with Crippen LogP contribution in [0.15, 0.2) is 29.9 Å². The molecule has 2 heterocycles. The van der Waals surface area contributed by atoms with Gasteiger partial charge in [0, 0.05) is 23.3 Å². The number of rotatable bonds is 2. The second-order valence-electron chi connectivity index (χ2n) is 4.01. The fourth-order valence-corrected chi connectivity index (χ4v) is 2.17. The summed E-state index contributed by atoms with van der Waals surface area (Å²) in [6.07, 6.45) is 3.48. The highest BCUT2D eigenvalue weighted by Gasteiger charge is 2.23. The minimum Gasteiger partial charge on any atom is -0.265 e. The summed E-state index contributed by atoms with van der Waals surface area (Å²) in [5.74, 6) is 0. The molecule has 2 aromatic heterocycles. The van der Waals surface area contributed by atoms with Crippen LogP contribution in [0.1, 0.15) is 18.9 Å². The molecule has 0 saturated carbocycles. The third kappa shape index (κ3) is 1.95. The van der Waals surface area contributed by atoms with Crippen LogP contribution in [0.5, 0.6) is 0 Å². The molecule has 80 valence electrons. The monoisotopic (exact) mass is 229 g/mol. The molecule has 0 N–H and O–H groups in total. The van der Waals surface area contributed by atoms with Gasteiger partial charge in [0.2, 0.25) is 0 Å². The van der Waals surface area contributed by atoms with Crippen LogP contribution in [-0.2, 0) is 5.41 Å². The number of nitrogens with zero attached hydrogens (tertiary/aromatic N) is 3. The van der Waals surface area contributed by atoms with Crippen LogP contribution in [0, 0.1) is 11.3 Å². The predicted octanol–water partition coefficient (Wildman–Crippen LogP) is 3.01. The Bertz CT molecular complexity index is 523. The average molecular weight is 229 g/mol. The Morgan fingerprint density at radius 3 is 2.62 bits per heavy atom. The van der Waals surface area contributed by atoms with Crippen LogP contribution in [0.25, 0.3) is 11.3 Å². The summed E-state index contributed by atoms with van der Waals surface area (Å²) >= 11 is 1.52. The largest absolute Gasteiger partial charge is 0.265 e. The summed E-state index contributed by atoms with van der Waals surface area (Å²) in [4.78, 5) is 8.46. The van der Waals surface area contributed by atoms with Crippen molar-refractivity contribution in [2.24, 2.45) is 0 Å². The SMILES string of the molecule is CC(C)(C#N)c1nc(-c2ccncc2)cs1. The fourth-order valence-electron chi connectivity index (χ4n) is 1.26. The molecule has 0 amide bonds. The molecule has 0 saturated heterocycles. The maximum absolute atomic E-state index is 9.03. The van der Waals surface area contributed by atoms with Crippen molar-refractivity contribution in [2.45, 2.75) is 19.3 Å². The second kappa shape index (κ2) is 4.03. The van der Waals surface area contributed by atoms with Gasteiger partial charge in [0.1, 0.15) is 10.4 Å². The van der Waals surface area contributed by atoms with Crippen LogP contribution < -0.4 is 0 Å². The number of hydrogen-bond donors (Lipinski definition) is 0. The van der Waals surface area contributed by atoms with Gasteiger partial charge in [-0.3, -0.25) is 4.98 Å². The lowest BCUT2D eigenvalue weighted by molar-refractivity contribution is 0.680. The summed E-state index contributed by atoms with van der Waals surface area (Å²) in [6, 6.07) is 6.09. The van der Waals surface area contributed by atoms with E-state index in [1.165, 1.54) is 11.3 Å². The van der Waals surface area contributed by atoms with Crippen molar-refractivity contribution in [1.29, 1.82) is 5.26 Å². The Labute approximate surface area is 98.4 Å². The molecular weight excluding hydrogens is 218 g/mol. The molecule has 2 rings (SSSR count). The molecule has 0 radical (unpaired) electrons. The minimum atomic E-state index is -0.518. The van der Waals surface area contributed by atoms with Crippen LogP contribution in [-0.4, -0.2) is 9.97 Å². The van der Waals surface area contributed by atoms with Gasteiger partial charge in [-0.25, -0.2) is 4.98 Å². The Kier molecular flexibility index (Phi) is 2.71. The normalized spacial score (nSPS) is 11.1. The Morgan fingerprint density at radius 1 is 1.31 bits per heavy atom. The Hall–Kier alpha value is -1.73. The van der Waals surface area contributed by atoms with Gasteiger partial charge in [-0.2, -0.15) is 5.26 Å². The fraction of sp³-hybridized carbons (Fsp3) is 0.250. The van der Waals surface area contributed by atoms with Gasteiger partial charge in [-0.15, -0.1) is 11.3 Å². The molecule has 0 atom stereocenters. The number of hydrogen-bond acceptors (Lipinski definition) is 4. The van der Waals surface area contributed by atoms with E-state index in [4.69, 9.17) is 5.26 Å². The summed E-state index contributed by atoms with van der Waals surface area (Å²) in [6.45, 7) is 3.75. The molecule has 2 aromatic rings. The first-order valence-electron chi connectivity index (χ1n) is 4.91. The van der Waals surface area contributed by atoms with Gasteiger partial charge in [-0.05, 0) is 26.0 Å². The second-order valence-corrected chi connectivity index (χ2v) is 4.87. The molecule has 0 unspecified atom stereocenters. The van der Waals surface area contributed by atoms with Gasteiger partial charge >= 0.3 is 0 Å². The van der Waals surface area contributed by atoms with Crippen LogP contribution >= 0.6 is 11.3 Å². The lowest BCUT2D eigenvalue weighted by atomic mass is 9.97. The first-order valence-corrected chi connectivity index (χ1v) is 5.79. The van der Waals surface area contributed by atoms with Gasteiger partial charge in [-0.1, -0.05) is 0 Å². The highest BCUT2D eigenvalue weighted by Crippen LogP contribution is 2.29. The third-order valence-electron chi connectivity index (χ3n) is 2.29. The van der Waals surface area contributed by atoms with E-state index in [1.54, 1.807) is 12.4 Å². The zero-order valence-corrected chi connectivity index (χ0v) is 9.95. The first kappa shape index (κ1) is 10.8. The minimum absolute atomic E-state index is 0.518. The Balaban J connectivity index is 2.39. The molecule has 0 aliphatic rings. The molecular formula is C12H11N3S. The smallest absolute Gasteiger partial charge is 0.113 e. The van der Waals surface area contributed by atoms with E-state index >= 15 is 0 Å². The van der Waals surface area contributed by atoms with E-state index in [9.17, 15) is 0 Å². The van der Waals surface area contributed by atoms with Crippen molar-refractivity contribution >= 4 is 11.3 Å². The van der Waals surface area contributed by atoms with Crippen LogP contribution in [0.4, 0.5) is 0 Å². The number of pyridine rings is 1. The zero-order chi connectivity index (χ0) is 11.6. The maximum Gasteiger partial charge on any atom is 0.113 e. The molecule has 16 heavy (non-hydrogen) atoms. The standard InChI is InChI=1S/C12H11N3S/c1-12(2,8-13)11-15-10(7-16-11)9-3-5-14-6-4-9/h3-7H,1-2H3. The summed E-state index contributed by atoms with van der Waals surface area (Å²) < 4.78 is 0. The molecule has 4 heteroatoms. The van der Waals surface area contributed by atoms with Crippen LogP contribution in [0.3, 0.4) is 0 Å². The first-order chi connectivity index (χ1) is 7.63. The van der Waals surface area contributed by atoms with Crippen LogP contribution in [0.2, 0.25) is 0 Å². The Morgan fingerprint density at radius 2 is 2.00 bits per heavy atom. The number of thiazole rings is 1. The van der Waals surface area contributed by atoms with E-state index in [0.29, 0.717) is 0 Å². The van der Waals surface area contributed by atoms with Crippen molar-refractivity contribution in [1.82, 2.24) is 9.97 Å². The average Bonchev–Trinajstić information content (AvgIpc) is 2.80. The summed E-state index contributed by atoms with van der Waals surface area (Å²) in [5.41, 5.74) is 1.42. The lowest BCUT2D eigenvalue weighted by Crippen LogP contribution is -2.13. The highest BCUT2D eigenvalue weighted by atomic mass is 32.1. The van der Waals surface area contributed by atoms with Crippen molar-refractivity contribution < 1.29 is 0 Å². The molecule has 0 fully saturated rings. The molecule has 3 nitrogen and oxygen atoms in total. The zero-order valence-electron chi connectivity index (χ0n) is 9.14. The summed E-state index contributed by atoms with van der Waals surface area (Å²) in [7, 11) is 0. The van der Waals surface area contributed by atoms with E-state index < -0.39 is 5.41 Å². The molecule has 0 aliphatic carbocycles. The van der Waals surface area contributed by atoms with Gasteiger partial charge < -0.3 is 0 Å². The van der Waals surface area contributed by atoms with E-state index in [1.807, 2.05) is 31.4 Å². The third-order valence-corrected chi connectivity index (χ3v) is 3.46. The number of nitriles is 1. The predicted molar refractivity (Wildman–Crippen MR) is 64.0 cm³/mol. The van der Waals surface area contributed by atoms with E-state index in [-0.39, 0.29) is 0 Å². The lowest BCUT2D eigenvalue weighted by Gasteiger charge is -2.09. The molecule has 0 aromatic carbocycles. The van der Waals surface area contributed by atoms with Crippen molar-refractivity contribution in [3.8, 4) is 17.3 Å². The molecule has 0 spiro atoms. The molecule has 0 aliphatic heterocycles. The van der Waals surface area contributed by atoms with Crippen molar-refractivity contribution in [3.05, 3.63) is 34.9 Å². The topological polar surface area (TPSA) is 49.6 Å². The van der Waals surface area contributed by atoms with Gasteiger partial charge in [0.15, 0.2) is 0 Å². The van der Waals surface area contributed by atoms with Gasteiger partial charge in [0.25, 0.3) is 0 Å².